The fourth-order valence-electron chi connectivity index (χ4n) is 2.41. The summed E-state index contributed by atoms with van der Waals surface area (Å²) in [5, 5.41) is 0. The molecular weight excluding hydrogens is 236 g/mol. The number of nitrogens with zero attached hydrogens (tertiary/aromatic N) is 2. The van der Waals surface area contributed by atoms with Gasteiger partial charge in [-0.15, -0.1) is 11.6 Å². The number of methoxy groups -OCH3 is 1. The minimum atomic E-state index is 0.529. The lowest BCUT2D eigenvalue weighted by Crippen LogP contribution is -2.40. The highest BCUT2D eigenvalue weighted by Gasteiger charge is 2.23. The average Bonchev–Trinajstić information content (AvgIpc) is 2.40. The fourth-order valence-corrected chi connectivity index (χ4v) is 2.66. The summed E-state index contributed by atoms with van der Waals surface area (Å²) in [6, 6.07) is 6.45. The Balaban J connectivity index is 2.16. The van der Waals surface area contributed by atoms with E-state index in [1.165, 1.54) is 19.3 Å². The van der Waals surface area contributed by atoms with Crippen molar-refractivity contribution >= 4 is 17.4 Å². The normalized spacial score (nSPS) is 20.4. The second-order valence-electron chi connectivity index (χ2n) is 4.36. The Bertz CT molecular complexity index is 357. The molecule has 0 bridgehead atoms. The van der Waals surface area contributed by atoms with Crippen molar-refractivity contribution in [1.82, 2.24) is 4.98 Å². The Labute approximate surface area is 108 Å². The maximum Gasteiger partial charge on any atom is 0.214 e. The Hall–Kier alpha value is -0.960. The van der Waals surface area contributed by atoms with Crippen LogP contribution in [0.25, 0.3) is 0 Å². The van der Waals surface area contributed by atoms with Gasteiger partial charge in [0.1, 0.15) is 5.82 Å². The first-order chi connectivity index (χ1) is 8.35. The molecule has 1 aliphatic rings. The lowest BCUT2D eigenvalue weighted by Gasteiger charge is -2.36. The molecule has 1 aromatic rings. The van der Waals surface area contributed by atoms with E-state index < -0.39 is 0 Å². The second kappa shape index (κ2) is 6.10. The van der Waals surface area contributed by atoms with Gasteiger partial charge in [-0.2, -0.15) is 4.98 Å². The number of hydrogen-bond acceptors (Lipinski definition) is 3. The van der Waals surface area contributed by atoms with Crippen molar-refractivity contribution in [2.45, 2.75) is 31.7 Å². The van der Waals surface area contributed by atoms with Crippen LogP contribution in [-0.2, 0) is 0 Å². The van der Waals surface area contributed by atoms with Gasteiger partial charge >= 0.3 is 0 Å². The Morgan fingerprint density at radius 3 is 3.12 bits per heavy atom. The third-order valence-electron chi connectivity index (χ3n) is 3.28. The van der Waals surface area contributed by atoms with Crippen LogP contribution < -0.4 is 9.64 Å². The molecule has 1 unspecified atom stereocenters. The van der Waals surface area contributed by atoms with E-state index in [0.717, 1.165) is 18.8 Å². The third-order valence-corrected chi connectivity index (χ3v) is 3.50. The zero-order valence-electron chi connectivity index (χ0n) is 10.2. The largest absolute Gasteiger partial charge is 0.481 e. The molecule has 2 heterocycles. The van der Waals surface area contributed by atoms with Crippen LogP contribution >= 0.6 is 11.6 Å². The van der Waals surface area contributed by atoms with Crippen molar-refractivity contribution in [3.63, 3.8) is 0 Å². The average molecular weight is 255 g/mol. The molecule has 1 fully saturated rings. The highest BCUT2D eigenvalue weighted by Crippen LogP contribution is 2.26. The van der Waals surface area contributed by atoms with E-state index >= 15 is 0 Å². The van der Waals surface area contributed by atoms with Crippen molar-refractivity contribution in [3.8, 4) is 5.88 Å². The summed E-state index contributed by atoms with van der Waals surface area (Å²) in [7, 11) is 1.65. The summed E-state index contributed by atoms with van der Waals surface area (Å²) in [6.07, 6.45) is 4.77. The molecule has 0 saturated carbocycles. The summed E-state index contributed by atoms with van der Waals surface area (Å²) in [6.45, 7) is 1.07. The number of anilines is 1. The molecule has 1 atom stereocenters. The van der Waals surface area contributed by atoms with Crippen LogP contribution in [0.15, 0.2) is 18.2 Å². The SMILES string of the molecule is COc1cccc(N2CCCCC2CCCl)n1. The van der Waals surface area contributed by atoms with Crippen molar-refractivity contribution < 1.29 is 4.74 Å². The molecule has 3 nitrogen and oxygen atoms in total. The van der Waals surface area contributed by atoms with Gasteiger partial charge < -0.3 is 9.64 Å². The number of halogens is 1. The third kappa shape index (κ3) is 3.03. The van der Waals surface area contributed by atoms with Gasteiger partial charge in [-0.05, 0) is 31.7 Å². The highest BCUT2D eigenvalue weighted by molar-refractivity contribution is 6.17. The first-order valence-corrected chi connectivity index (χ1v) is 6.72. The van der Waals surface area contributed by atoms with E-state index in [2.05, 4.69) is 16.0 Å². The smallest absolute Gasteiger partial charge is 0.214 e. The summed E-state index contributed by atoms with van der Waals surface area (Å²) >= 11 is 5.87. The van der Waals surface area contributed by atoms with Crippen molar-refractivity contribution in [2.24, 2.45) is 0 Å². The first-order valence-electron chi connectivity index (χ1n) is 6.19. The number of ether oxygens (including phenoxy) is 1. The summed E-state index contributed by atoms with van der Waals surface area (Å²) < 4.78 is 5.18. The minimum absolute atomic E-state index is 0.529. The highest BCUT2D eigenvalue weighted by atomic mass is 35.5. The molecule has 0 radical (unpaired) electrons. The number of aromatic nitrogens is 1. The molecule has 0 N–H and O–H groups in total. The summed E-state index contributed by atoms with van der Waals surface area (Å²) in [4.78, 5) is 6.88. The second-order valence-corrected chi connectivity index (χ2v) is 4.74. The van der Waals surface area contributed by atoms with E-state index in [1.807, 2.05) is 12.1 Å². The Morgan fingerprint density at radius 2 is 2.35 bits per heavy atom. The predicted octanol–water partition coefficient (Wildman–Crippen LogP) is 3.08. The van der Waals surface area contributed by atoms with Crippen molar-refractivity contribution in [2.75, 3.05) is 24.4 Å². The monoisotopic (exact) mass is 254 g/mol. The molecule has 2 rings (SSSR count). The van der Waals surface area contributed by atoms with E-state index in [0.29, 0.717) is 17.8 Å². The van der Waals surface area contributed by atoms with Gasteiger partial charge in [0, 0.05) is 24.5 Å². The molecule has 1 aliphatic heterocycles. The van der Waals surface area contributed by atoms with Crippen LogP contribution in [0, 0.1) is 0 Å². The number of alkyl halides is 1. The first kappa shape index (κ1) is 12.5. The molecule has 1 saturated heterocycles. The summed E-state index contributed by atoms with van der Waals surface area (Å²) in [5.74, 6) is 2.40. The molecule has 17 heavy (non-hydrogen) atoms. The van der Waals surface area contributed by atoms with Gasteiger partial charge in [-0.3, -0.25) is 0 Å². The van der Waals surface area contributed by atoms with Gasteiger partial charge in [0.2, 0.25) is 5.88 Å². The molecule has 0 aliphatic carbocycles. The topological polar surface area (TPSA) is 25.4 Å². The molecule has 0 aromatic carbocycles. The van der Waals surface area contributed by atoms with Gasteiger partial charge in [0.15, 0.2) is 0 Å². The van der Waals surface area contributed by atoms with Gasteiger partial charge in [-0.1, -0.05) is 6.07 Å². The van der Waals surface area contributed by atoms with Crippen molar-refractivity contribution in [3.05, 3.63) is 18.2 Å². The van der Waals surface area contributed by atoms with Crippen LogP contribution in [-0.4, -0.2) is 30.6 Å². The quantitative estimate of drug-likeness (QED) is 0.773. The van der Waals surface area contributed by atoms with Gasteiger partial charge in [0.05, 0.1) is 7.11 Å². The number of pyridine rings is 1. The van der Waals surface area contributed by atoms with Crippen LogP contribution in [0.4, 0.5) is 5.82 Å². The van der Waals surface area contributed by atoms with Gasteiger partial charge in [-0.25, -0.2) is 0 Å². The van der Waals surface area contributed by atoms with E-state index in [9.17, 15) is 0 Å². The number of piperidine rings is 1. The predicted molar refractivity (Wildman–Crippen MR) is 71.1 cm³/mol. The van der Waals surface area contributed by atoms with E-state index in [4.69, 9.17) is 16.3 Å². The lowest BCUT2D eigenvalue weighted by atomic mass is 10.00. The number of rotatable bonds is 4. The Morgan fingerprint density at radius 1 is 1.47 bits per heavy atom. The minimum Gasteiger partial charge on any atom is -0.481 e. The zero-order chi connectivity index (χ0) is 12.1. The zero-order valence-corrected chi connectivity index (χ0v) is 11.0. The molecule has 4 heteroatoms. The van der Waals surface area contributed by atoms with Crippen LogP contribution in [0.1, 0.15) is 25.7 Å². The molecule has 1 aromatic heterocycles. The van der Waals surface area contributed by atoms with E-state index in [-0.39, 0.29) is 0 Å². The molecule has 0 amide bonds. The van der Waals surface area contributed by atoms with Crippen LogP contribution in [0.3, 0.4) is 0 Å². The lowest BCUT2D eigenvalue weighted by molar-refractivity contribution is 0.394. The molecular formula is C13H19ClN2O. The van der Waals surface area contributed by atoms with Gasteiger partial charge in [0.25, 0.3) is 0 Å². The fraction of sp³-hybridized carbons (Fsp3) is 0.615. The van der Waals surface area contributed by atoms with E-state index in [1.54, 1.807) is 7.11 Å². The summed E-state index contributed by atoms with van der Waals surface area (Å²) in [5.41, 5.74) is 0. The number of hydrogen-bond donors (Lipinski definition) is 0. The Kier molecular flexibility index (Phi) is 4.49. The van der Waals surface area contributed by atoms with Crippen LogP contribution in [0.2, 0.25) is 0 Å². The molecule has 94 valence electrons. The standard InChI is InChI=1S/C13H19ClN2O/c1-17-13-7-4-6-12(15-13)16-10-3-2-5-11(16)8-9-14/h4,6-7,11H,2-3,5,8-10H2,1H3. The maximum absolute atomic E-state index is 5.87. The van der Waals surface area contributed by atoms with Crippen molar-refractivity contribution in [1.29, 1.82) is 0 Å². The molecule has 0 spiro atoms. The van der Waals surface area contributed by atoms with Crippen LogP contribution in [0.5, 0.6) is 5.88 Å². The maximum atomic E-state index is 5.87.